The number of nitrogens with zero attached hydrogens (tertiary/aromatic N) is 12. The molecule has 0 spiro atoms. The molecule has 0 aliphatic carbocycles. The molecule has 0 atom stereocenters. The summed E-state index contributed by atoms with van der Waals surface area (Å²) in [7, 11) is 0. The maximum atomic E-state index is 4.88. The molecule has 0 radical (unpaired) electrons. The zero-order valence-electron chi connectivity index (χ0n) is 41.6. The highest BCUT2D eigenvalue weighted by Crippen LogP contribution is 2.39. The Kier molecular flexibility index (Phi) is 9.63. The molecule has 0 N–H and O–H groups in total. The molecule has 78 heavy (non-hydrogen) atoms. The summed E-state index contributed by atoms with van der Waals surface area (Å²) in [5.41, 5.74) is 16.7. The van der Waals surface area contributed by atoms with Gasteiger partial charge in [0.2, 0.25) is 0 Å². The number of hydrogen-bond donors (Lipinski definition) is 0. The Balaban J connectivity index is 0.839. The van der Waals surface area contributed by atoms with Gasteiger partial charge in [-0.15, -0.1) is 15.3 Å². The number of aromatic nitrogens is 12. The highest BCUT2D eigenvalue weighted by atomic mass is 15.4. The first-order valence-electron chi connectivity index (χ1n) is 25.9. The Bertz CT molecular complexity index is 4350. The van der Waals surface area contributed by atoms with Crippen molar-refractivity contribution in [3.8, 4) is 67.9 Å². The zero-order chi connectivity index (χ0) is 51.3. The largest absolute Gasteiger partial charge is 0.307 e. The first-order valence-corrected chi connectivity index (χ1v) is 25.9. The molecule has 16 rings (SSSR count). The molecule has 12 nitrogen and oxygen atoms in total. The number of para-hydroxylation sites is 12. The predicted molar refractivity (Wildman–Crippen MR) is 311 cm³/mol. The smallest absolute Gasteiger partial charge is 0.113 e. The molecule has 0 aliphatic rings. The molecule has 0 fully saturated rings. The SMILES string of the molecule is c1ccc(-n2c3ccccc3c3ccccc32)c(-n2cc(-c3cc(-c4cn(-c5ccccc5-n5c6ccccc6c6ccccc65)nn4)cc(-c4cn(-c5ccccc5-n5c6ccccc6c6ccccc65)nn4)c3)nn2)c1. The standard InChI is InChI=1S/C66H42N12/c1-7-25-55-46(19-1)47-20-2-8-26-56(47)76(55)64-34-16-13-31-61(64)73-40-52(67-70-73)43-37-44(53-41-74(71-68-53)62-32-14-17-35-65(62)77-57-27-9-3-21-48(57)49-22-4-10-28-58(49)77)39-45(38-43)54-42-75(72-69-54)63-33-15-18-36-66(63)78-59-29-11-5-23-50(59)51-24-6-12-30-60(51)78/h1-42H. The van der Waals surface area contributed by atoms with Gasteiger partial charge in [0.05, 0.1) is 85.8 Å². The second-order valence-corrected chi connectivity index (χ2v) is 19.5. The number of hydrogen-bond acceptors (Lipinski definition) is 6. The first kappa shape index (κ1) is 43.4. The Labute approximate surface area is 445 Å². The quantitative estimate of drug-likeness (QED) is 0.143. The van der Waals surface area contributed by atoms with E-state index in [9.17, 15) is 0 Å². The van der Waals surface area contributed by atoms with Gasteiger partial charge in [-0.05, 0) is 91.0 Å². The van der Waals surface area contributed by atoms with Crippen LogP contribution in [-0.4, -0.2) is 58.7 Å². The maximum absolute atomic E-state index is 4.88. The normalized spacial score (nSPS) is 11.8. The van der Waals surface area contributed by atoms with E-state index in [1.165, 1.54) is 32.3 Å². The fourth-order valence-corrected chi connectivity index (χ4v) is 11.7. The van der Waals surface area contributed by atoms with E-state index in [4.69, 9.17) is 30.9 Å². The molecule has 0 saturated heterocycles. The van der Waals surface area contributed by atoms with Crippen LogP contribution in [0.4, 0.5) is 0 Å². The summed E-state index contributed by atoms with van der Waals surface area (Å²) in [6, 6.07) is 82.5. The fraction of sp³-hybridized carbons (Fsp3) is 0. The van der Waals surface area contributed by atoms with E-state index in [2.05, 4.69) is 232 Å². The monoisotopic (exact) mass is 1000 g/mol. The van der Waals surface area contributed by atoms with Crippen LogP contribution in [0.5, 0.6) is 0 Å². The summed E-state index contributed by atoms with van der Waals surface area (Å²) in [6.45, 7) is 0. The van der Waals surface area contributed by atoms with Crippen molar-refractivity contribution in [1.29, 1.82) is 0 Å². The van der Waals surface area contributed by atoms with Crippen LogP contribution in [-0.2, 0) is 0 Å². The third-order valence-corrected chi connectivity index (χ3v) is 15.1. The molecule has 0 aliphatic heterocycles. The van der Waals surface area contributed by atoms with Gasteiger partial charge < -0.3 is 13.7 Å². The molecule has 16 aromatic rings. The van der Waals surface area contributed by atoms with E-state index in [1.807, 2.05) is 50.8 Å². The van der Waals surface area contributed by atoms with Crippen LogP contribution >= 0.6 is 0 Å². The van der Waals surface area contributed by atoms with E-state index in [-0.39, 0.29) is 0 Å². The molecule has 12 heteroatoms. The van der Waals surface area contributed by atoms with Gasteiger partial charge in [0.25, 0.3) is 0 Å². The highest BCUT2D eigenvalue weighted by molar-refractivity contribution is 6.11. The van der Waals surface area contributed by atoms with Crippen molar-refractivity contribution in [2.45, 2.75) is 0 Å². The van der Waals surface area contributed by atoms with Crippen LogP contribution in [0, 0.1) is 0 Å². The topological polar surface area (TPSA) is 107 Å². The predicted octanol–water partition coefficient (Wildman–Crippen LogP) is 14.7. The van der Waals surface area contributed by atoms with Crippen molar-refractivity contribution in [3.63, 3.8) is 0 Å². The zero-order valence-corrected chi connectivity index (χ0v) is 41.6. The average molecular weight is 1000 g/mol. The second kappa shape index (κ2) is 17.3. The lowest BCUT2D eigenvalue weighted by Crippen LogP contribution is -2.03. The van der Waals surface area contributed by atoms with E-state index in [0.29, 0.717) is 17.1 Å². The second-order valence-electron chi connectivity index (χ2n) is 19.5. The lowest BCUT2D eigenvalue weighted by atomic mass is 10.0. The molecule has 6 aromatic heterocycles. The summed E-state index contributed by atoms with van der Waals surface area (Å²) in [5.74, 6) is 0. The molecule has 0 amide bonds. The minimum absolute atomic E-state index is 0.670. The van der Waals surface area contributed by atoms with Gasteiger partial charge in [0.15, 0.2) is 0 Å². The van der Waals surface area contributed by atoms with Crippen molar-refractivity contribution >= 4 is 65.4 Å². The van der Waals surface area contributed by atoms with E-state index < -0.39 is 0 Å². The van der Waals surface area contributed by atoms with Crippen LogP contribution in [0.15, 0.2) is 255 Å². The van der Waals surface area contributed by atoms with Gasteiger partial charge in [-0.25, -0.2) is 14.0 Å². The van der Waals surface area contributed by atoms with Gasteiger partial charge in [0.1, 0.15) is 17.1 Å². The number of rotatable bonds is 9. The van der Waals surface area contributed by atoms with E-state index in [1.54, 1.807) is 0 Å². The van der Waals surface area contributed by atoms with Crippen molar-refractivity contribution in [1.82, 2.24) is 58.7 Å². The molecule has 0 saturated carbocycles. The fourth-order valence-electron chi connectivity index (χ4n) is 11.7. The van der Waals surface area contributed by atoms with Crippen LogP contribution in [0.2, 0.25) is 0 Å². The summed E-state index contributed by atoms with van der Waals surface area (Å²) in [4.78, 5) is 0. The Morgan fingerprint density at radius 1 is 0.218 bits per heavy atom. The summed E-state index contributed by atoms with van der Waals surface area (Å²) in [6.07, 6.45) is 5.98. The van der Waals surface area contributed by atoms with Crippen molar-refractivity contribution in [3.05, 3.63) is 255 Å². The van der Waals surface area contributed by atoms with Crippen molar-refractivity contribution < 1.29 is 0 Å². The molecule has 0 bridgehead atoms. The van der Waals surface area contributed by atoms with Crippen molar-refractivity contribution in [2.75, 3.05) is 0 Å². The molecule has 10 aromatic carbocycles. The third kappa shape index (κ3) is 6.73. The van der Waals surface area contributed by atoms with Crippen LogP contribution < -0.4 is 0 Å². The Hall–Kier alpha value is -11.0. The van der Waals surface area contributed by atoms with Gasteiger partial charge in [-0.3, -0.25) is 0 Å². The number of benzene rings is 10. The molecule has 6 heterocycles. The number of fused-ring (bicyclic) bond motifs is 9. The van der Waals surface area contributed by atoms with Crippen molar-refractivity contribution in [2.24, 2.45) is 0 Å². The van der Waals surface area contributed by atoms with Gasteiger partial charge >= 0.3 is 0 Å². The molecular weight excluding hydrogens is 961 g/mol. The highest BCUT2D eigenvalue weighted by Gasteiger charge is 2.22. The lowest BCUT2D eigenvalue weighted by molar-refractivity contribution is 0.798. The Morgan fingerprint density at radius 3 is 0.667 bits per heavy atom. The minimum atomic E-state index is 0.670. The van der Waals surface area contributed by atoms with E-state index in [0.717, 1.165) is 83.9 Å². The molecule has 0 unspecified atom stereocenters. The average Bonchev–Trinajstić information content (AvgIpc) is 4.41. The van der Waals surface area contributed by atoms with Gasteiger partial charge in [-0.2, -0.15) is 0 Å². The maximum Gasteiger partial charge on any atom is 0.113 e. The molecule has 366 valence electrons. The summed E-state index contributed by atoms with van der Waals surface area (Å²) in [5, 5.41) is 36.2. The Morgan fingerprint density at radius 2 is 0.423 bits per heavy atom. The minimum Gasteiger partial charge on any atom is -0.307 e. The van der Waals surface area contributed by atoms with Crippen LogP contribution in [0.25, 0.3) is 133 Å². The van der Waals surface area contributed by atoms with Crippen LogP contribution in [0.1, 0.15) is 0 Å². The van der Waals surface area contributed by atoms with Crippen LogP contribution in [0.3, 0.4) is 0 Å². The molecular formula is C66H42N12. The lowest BCUT2D eigenvalue weighted by Gasteiger charge is -2.13. The van der Waals surface area contributed by atoms with Gasteiger partial charge in [0, 0.05) is 49.0 Å². The van der Waals surface area contributed by atoms with E-state index >= 15 is 0 Å². The third-order valence-electron chi connectivity index (χ3n) is 15.1. The summed E-state index contributed by atoms with van der Waals surface area (Å²) < 4.78 is 12.5. The first-order chi connectivity index (χ1) is 38.7. The van der Waals surface area contributed by atoms with Gasteiger partial charge in [-0.1, -0.05) is 161 Å². The summed E-state index contributed by atoms with van der Waals surface area (Å²) >= 11 is 0.